The van der Waals surface area contributed by atoms with Gasteiger partial charge in [-0.3, -0.25) is 4.79 Å². The van der Waals surface area contributed by atoms with Crippen molar-refractivity contribution >= 4 is 17.2 Å². The van der Waals surface area contributed by atoms with Crippen molar-refractivity contribution in [1.29, 1.82) is 0 Å². The van der Waals surface area contributed by atoms with E-state index in [1.165, 1.54) is 0 Å². The second-order valence-corrected chi connectivity index (χ2v) is 6.56. The molecule has 1 heterocycles. The summed E-state index contributed by atoms with van der Waals surface area (Å²) in [6.45, 7) is 8.96. The molecule has 0 spiro atoms. The van der Waals surface area contributed by atoms with E-state index in [-0.39, 0.29) is 17.4 Å². The van der Waals surface area contributed by atoms with E-state index in [2.05, 4.69) is 31.1 Å². The van der Waals surface area contributed by atoms with Gasteiger partial charge in [0.2, 0.25) is 5.91 Å². The first-order valence-electron chi connectivity index (χ1n) is 6.60. The third-order valence-electron chi connectivity index (χ3n) is 2.76. The van der Waals surface area contributed by atoms with Crippen molar-refractivity contribution in [3.8, 4) is 0 Å². The number of hydrogen-bond acceptors (Lipinski definition) is 4. The first kappa shape index (κ1) is 16.1. The van der Waals surface area contributed by atoms with Crippen LogP contribution < -0.4 is 5.32 Å². The number of nitrogens with zero attached hydrogens (tertiary/aromatic N) is 1. The van der Waals surface area contributed by atoms with E-state index in [0.717, 1.165) is 17.1 Å². The molecule has 1 atom stereocenters. The van der Waals surface area contributed by atoms with E-state index < -0.39 is 0 Å². The fourth-order valence-corrected chi connectivity index (χ4v) is 2.55. The van der Waals surface area contributed by atoms with Crippen molar-refractivity contribution in [2.45, 2.75) is 52.0 Å². The minimum atomic E-state index is 0.00894. The Hall–Kier alpha value is -0.940. The molecule has 19 heavy (non-hydrogen) atoms. The molecule has 5 heteroatoms. The van der Waals surface area contributed by atoms with E-state index in [9.17, 15) is 4.79 Å². The molecule has 1 rings (SSSR count). The van der Waals surface area contributed by atoms with Gasteiger partial charge in [0.05, 0.1) is 29.8 Å². The van der Waals surface area contributed by atoms with Crippen LogP contribution in [0.25, 0.3) is 0 Å². The highest BCUT2D eigenvalue weighted by atomic mass is 32.1. The number of ether oxygens (including phenoxy) is 1. The number of carbonyl (C=O) groups excluding carboxylic acids is 1. The second-order valence-electron chi connectivity index (χ2n) is 5.70. The van der Waals surface area contributed by atoms with Gasteiger partial charge in [-0.2, -0.15) is 0 Å². The zero-order valence-corrected chi connectivity index (χ0v) is 13.3. The van der Waals surface area contributed by atoms with Crippen LogP contribution in [0.1, 0.15) is 44.8 Å². The van der Waals surface area contributed by atoms with Crippen molar-refractivity contribution in [2.24, 2.45) is 0 Å². The Bertz CT molecular complexity index is 410. The van der Waals surface area contributed by atoms with Gasteiger partial charge < -0.3 is 10.1 Å². The summed E-state index contributed by atoms with van der Waals surface area (Å²) in [5.41, 5.74) is 0.890. The number of nitrogens with one attached hydrogen (secondary N) is 1. The SMILES string of the molecule is CCC(COC)NC(=O)Cc1csc(C(C)(C)C)n1. The lowest BCUT2D eigenvalue weighted by molar-refractivity contribution is -0.121. The largest absolute Gasteiger partial charge is 0.383 e. The van der Waals surface area contributed by atoms with Crippen LogP contribution in [0.2, 0.25) is 0 Å². The van der Waals surface area contributed by atoms with Gasteiger partial charge in [0.15, 0.2) is 0 Å². The van der Waals surface area contributed by atoms with Gasteiger partial charge in [-0.15, -0.1) is 11.3 Å². The van der Waals surface area contributed by atoms with E-state index in [1.807, 2.05) is 12.3 Å². The van der Waals surface area contributed by atoms with Gasteiger partial charge in [0, 0.05) is 17.9 Å². The number of thiazole rings is 1. The van der Waals surface area contributed by atoms with E-state index in [0.29, 0.717) is 13.0 Å². The van der Waals surface area contributed by atoms with Crippen LogP contribution in [-0.2, 0) is 21.4 Å². The summed E-state index contributed by atoms with van der Waals surface area (Å²) in [6, 6.07) is 0.0817. The van der Waals surface area contributed by atoms with Gasteiger partial charge in [-0.25, -0.2) is 4.98 Å². The van der Waals surface area contributed by atoms with Crippen molar-refractivity contribution in [3.05, 3.63) is 16.1 Å². The summed E-state index contributed by atoms with van der Waals surface area (Å²) in [5, 5.41) is 6.00. The Balaban J connectivity index is 2.55. The standard InChI is InChI=1S/C14H24N2O2S/c1-6-10(8-18-5)15-12(17)7-11-9-19-13(16-11)14(2,3)4/h9-10H,6-8H2,1-5H3,(H,15,17). The fourth-order valence-electron chi connectivity index (χ4n) is 1.64. The maximum Gasteiger partial charge on any atom is 0.226 e. The highest BCUT2D eigenvalue weighted by Gasteiger charge is 2.19. The molecular weight excluding hydrogens is 260 g/mol. The van der Waals surface area contributed by atoms with E-state index in [4.69, 9.17) is 4.74 Å². The lowest BCUT2D eigenvalue weighted by atomic mass is 9.98. The van der Waals surface area contributed by atoms with E-state index in [1.54, 1.807) is 18.4 Å². The summed E-state index contributed by atoms with van der Waals surface area (Å²) in [7, 11) is 1.64. The van der Waals surface area contributed by atoms with Crippen molar-refractivity contribution < 1.29 is 9.53 Å². The molecule has 0 bridgehead atoms. The smallest absolute Gasteiger partial charge is 0.226 e. The number of methoxy groups -OCH3 is 1. The minimum Gasteiger partial charge on any atom is -0.383 e. The maximum absolute atomic E-state index is 11.9. The van der Waals surface area contributed by atoms with Crippen molar-refractivity contribution in [1.82, 2.24) is 10.3 Å². The van der Waals surface area contributed by atoms with Crippen molar-refractivity contribution in [3.63, 3.8) is 0 Å². The van der Waals surface area contributed by atoms with Gasteiger partial charge in [-0.05, 0) is 6.42 Å². The van der Waals surface area contributed by atoms with Crippen LogP contribution in [0.3, 0.4) is 0 Å². The highest BCUT2D eigenvalue weighted by molar-refractivity contribution is 7.09. The Morgan fingerprint density at radius 3 is 2.68 bits per heavy atom. The molecular formula is C14H24N2O2S. The molecule has 0 saturated carbocycles. The predicted octanol–water partition coefficient (Wildman–Crippen LogP) is 2.52. The third-order valence-corrected chi connectivity index (χ3v) is 4.08. The normalized spacial score (nSPS) is 13.3. The number of rotatable bonds is 6. The first-order chi connectivity index (χ1) is 8.86. The minimum absolute atomic E-state index is 0.00894. The van der Waals surface area contributed by atoms with Gasteiger partial charge in [0.1, 0.15) is 0 Å². The Kier molecular flexibility index (Phi) is 5.94. The summed E-state index contributed by atoms with van der Waals surface area (Å²) in [5.74, 6) is 0.00894. The first-order valence-corrected chi connectivity index (χ1v) is 7.48. The van der Waals surface area contributed by atoms with Crippen molar-refractivity contribution in [2.75, 3.05) is 13.7 Å². The lowest BCUT2D eigenvalue weighted by Crippen LogP contribution is -2.38. The average Bonchev–Trinajstić information content (AvgIpc) is 2.76. The zero-order chi connectivity index (χ0) is 14.5. The summed E-state index contributed by atoms with van der Waals surface area (Å²) < 4.78 is 5.07. The Labute approximate surface area is 119 Å². The van der Waals surface area contributed by atoms with Crippen LogP contribution in [-0.4, -0.2) is 30.6 Å². The van der Waals surface area contributed by atoms with E-state index >= 15 is 0 Å². The number of hydrogen-bond donors (Lipinski definition) is 1. The van der Waals surface area contributed by atoms with Gasteiger partial charge in [-0.1, -0.05) is 27.7 Å². The summed E-state index contributed by atoms with van der Waals surface area (Å²) in [6.07, 6.45) is 1.21. The fraction of sp³-hybridized carbons (Fsp3) is 0.714. The Morgan fingerprint density at radius 2 is 2.21 bits per heavy atom. The number of aromatic nitrogens is 1. The summed E-state index contributed by atoms with van der Waals surface area (Å²) in [4.78, 5) is 16.4. The van der Waals surface area contributed by atoms with Gasteiger partial charge >= 0.3 is 0 Å². The molecule has 0 saturated heterocycles. The Morgan fingerprint density at radius 1 is 1.53 bits per heavy atom. The zero-order valence-electron chi connectivity index (χ0n) is 12.4. The van der Waals surface area contributed by atoms with Crippen LogP contribution in [0.4, 0.5) is 0 Å². The molecule has 0 aromatic carbocycles. The van der Waals surface area contributed by atoms with Crippen LogP contribution >= 0.6 is 11.3 Å². The number of amides is 1. The molecule has 1 unspecified atom stereocenters. The molecule has 1 N–H and O–H groups in total. The molecule has 0 aliphatic heterocycles. The van der Waals surface area contributed by atoms with Crippen LogP contribution in [0.5, 0.6) is 0 Å². The maximum atomic E-state index is 11.9. The summed E-state index contributed by atoms with van der Waals surface area (Å²) >= 11 is 1.62. The number of carbonyl (C=O) groups is 1. The second kappa shape index (κ2) is 7.01. The average molecular weight is 284 g/mol. The molecule has 1 aromatic heterocycles. The molecule has 1 amide bonds. The molecule has 0 radical (unpaired) electrons. The lowest BCUT2D eigenvalue weighted by Gasteiger charge is -2.15. The molecule has 108 valence electrons. The molecule has 1 aromatic rings. The molecule has 0 aliphatic carbocycles. The topological polar surface area (TPSA) is 51.2 Å². The van der Waals surface area contributed by atoms with Crippen LogP contribution in [0, 0.1) is 0 Å². The highest BCUT2D eigenvalue weighted by Crippen LogP contribution is 2.25. The molecule has 0 aliphatic rings. The predicted molar refractivity (Wildman–Crippen MR) is 78.6 cm³/mol. The molecule has 4 nitrogen and oxygen atoms in total. The van der Waals surface area contributed by atoms with Crippen LogP contribution in [0.15, 0.2) is 5.38 Å². The van der Waals surface area contributed by atoms with Gasteiger partial charge in [0.25, 0.3) is 0 Å². The third kappa shape index (κ3) is 5.28. The molecule has 0 fully saturated rings. The quantitative estimate of drug-likeness (QED) is 0.873. The monoisotopic (exact) mass is 284 g/mol.